The van der Waals surface area contributed by atoms with Crippen molar-refractivity contribution in [1.29, 1.82) is 0 Å². The first-order chi connectivity index (χ1) is 9.28. The van der Waals surface area contributed by atoms with Crippen LogP contribution in [0.4, 0.5) is 0 Å². The van der Waals surface area contributed by atoms with Gasteiger partial charge in [-0.15, -0.1) is 23.1 Å². The molecule has 102 valence electrons. The molecule has 0 amide bonds. The van der Waals surface area contributed by atoms with Crippen molar-refractivity contribution in [3.05, 3.63) is 50.6 Å². The number of thioether (sulfide) groups is 1. The van der Waals surface area contributed by atoms with Gasteiger partial charge in [0, 0.05) is 22.1 Å². The molecule has 0 aliphatic carbocycles. The zero-order chi connectivity index (χ0) is 13.5. The van der Waals surface area contributed by atoms with Crippen molar-refractivity contribution in [3.63, 3.8) is 0 Å². The van der Waals surface area contributed by atoms with E-state index in [0.717, 1.165) is 18.8 Å². The molecule has 0 fully saturated rings. The van der Waals surface area contributed by atoms with E-state index in [9.17, 15) is 0 Å². The van der Waals surface area contributed by atoms with Gasteiger partial charge in [-0.25, -0.2) is 0 Å². The summed E-state index contributed by atoms with van der Waals surface area (Å²) in [5.41, 5.74) is 1.36. The second kappa shape index (κ2) is 8.10. The van der Waals surface area contributed by atoms with Crippen LogP contribution in [0.25, 0.3) is 0 Å². The highest BCUT2D eigenvalue weighted by atomic mass is 79.9. The minimum Gasteiger partial charge on any atom is -0.313 e. The van der Waals surface area contributed by atoms with E-state index >= 15 is 0 Å². The number of rotatable bonds is 7. The molecule has 19 heavy (non-hydrogen) atoms. The molecule has 0 bridgehead atoms. The second-order valence-electron chi connectivity index (χ2n) is 4.32. The van der Waals surface area contributed by atoms with Crippen molar-refractivity contribution in [2.45, 2.75) is 30.5 Å². The van der Waals surface area contributed by atoms with E-state index in [1.165, 1.54) is 25.5 Å². The number of benzene rings is 1. The van der Waals surface area contributed by atoms with Gasteiger partial charge in [-0.05, 0) is 58.7 Å². The molecule has 0 aliphatic rings. The monoisotopic (exact) mass is 355 g/mol. The highest BCUT2D eigenvalue weighted by molar-refractivity contribution is 9.11. The SMILES string of the molecule is CCCNCc1ccc(SCc2ccc(Br)s2)cc1. The van der Waals surface area contributed by atoms with E-state index in [0.29, 0.717) is 0 Å². The van der Waals surface area contributed by atoms with Crippen molar-refractivity contribution in [3.8, 4) is 0 Å². The third-order valence-electron chi connectivity index (χ3n) is 2.69. The third-order valence-corrected chi connectivity index (χ3v) is 5.56. The van der Waals surface area contributed by atoms with Crippen LogP contribution in [0, 0.1) is 0 Å². The van der Waals surface area contributed by atoms with Gasteiger partial charge in [-0.2, -0.15) is 0 Å². The molecule has 2 rings (SSSR count). The van der Waals surface area contributed by atoms with Crippen molar-refractivity contribution < 1.29 is 0 Å². The van der Waals surface area contributed by atoms with Gasteiger partial charge < -0.3 is 5.32 Å². The fourth-order valence-electron chi connectivity index (χ4n) is 1.70. The number of hydrogen-bond donors (Lipinski definition) is 1. The van der Waals surface area contributed by atoms with Crippen LogP contribution in [0.1, 0.15) is 23.8 Å². The third kappa shape index (κ3) is 5.30. The van der Waals surface area contributed by atoms with Crippen LogP contribution in [0.15, 0.2) is 45.1 Å². The maximum absolute atomic E-state index is 3.50. The Bertz CT molecular complexity index is 493. The Morgan fingerprint density at radius 1 is 1.16 bits per heavy atom. The Labute approximate surface area is 131 Å². The minimum atomic E-state index is 0.969. The van der Waals surface area contributed by atoms with Crippen LogP contribution in [0.3, 0.4) is 0 Å². The van der Waals surface area contributed by atoms with Gasteiger partial charge in [-0.3, -0.25) is 0 Å². The zero-order valence-corrected chi connectivity index (χ0v) is 14.2. The van der Waals surface area contributed by atoms with Gasteiger partial charge in [0.2, 0.25) is 0 Å². The molecular formula is C15H18BrNS2. The second-order valence-corrected chi connectivity index (χ2v) is 7.91. The van der Waals surface area contributed by atoms with E-state index in [-0.39, 0.29) is 0 Å². The zero-order valence-electron chi connectivity index (χ0n) is 11.0. The lowest BCUT2D eigenvalue weighted by atomic mass is 10.2. The van der Waals surface area contributed by atoms with Crippen molar-refractivity contribution >= 4 is 39.0 Å². The van der Waals surface area contributed by atoms with E-state index in [1.807, 2.05) is 23.1 Å². The van der Waals surface area contributed by atoms with Crippen molar-refractivity contribution in [1.82, 2.24) is 5.32 Å². The fourth-order valence-corrected chi connectivity index (χ4v) is 4.12. The average Bonchev–Trinajstić information content (AvgIpc) is 2.84. The predicted molar refractivity (Wildman–Crippen MR) is 90.0 cm³/mol. The van der Waals surface area contributed by atoms with Gasteiger partial charge in [-0.1, -0.05) is 19.1 Å². The van der Waals surface area contributed by atoms with E-state index in [2.05, 4.69) is 64.6 Å². The molecule has 1 heterocycles. The Hall–Kier alpha value is -0.290. The smallest absolute Gasteiger partial charge is 0.0701 e. The molecule has 1 aromatic carbocycles. The van der Waals surface area contributed by atoms with Crippen LogP contribution in [-0.4, -0.2) is 6.54 Å². The Balaban J connectivity index is 1.81. The first-order valence-electron chi connectivity index (χ1n) is 6.44. The highest BCUT2D eigenvalue weighted by Crippen LogP contribution is 2.29. The van der Waals surface area contributed by atoms with Crippen molar-refractivity contribution in [2.75, 3.05) is 6.54 Å². The Morgan fingerprint density at radius 3 is 2.58 bits per heavy atom. The van der Waals surface area contributed by atoms with Gasteiger partial charge in [0.1, 0.15) is 0 Å². The minimum absolute atomic E-state index is 0.969. The average molecular weight is 356 g/mol. The van der Waals surface area contributed by atoms with Crippen LogP contribution < -0.4 is 5.32 Å². The Kier molecular flexibility index (Phi) is 6.44. The van der Waals surface area contributed by atoms with Crippen LogP contribution in [-0.2, 0) is 12.3 Å². The molecular weight excluding hydrogens is 338 g/mol. The topological polar surface area (TPSA) is 12.0 Å². The lowest BCUT2D eigenvalue weighted by molar-refractivity contribution is 0.675. The summed E-state index contributed by atoms with van der Waals surface area (Å²) in [4.78, 5) is 2.74. The first-order valence-corrected chi connectivity index (χ1v) is 9.04. The molecule has 4 heteroatoms. The lowest BCUT2D eigenvalue weighted by Gasteiger charge is -2.05. The molecule has 2 aromatic rings. The summed E-state index contributed by atoms with van der Waals surface area (Å²) in [5, 5.41) is 3.42. The number of halogens is 1. The summed E-state index contributed by atoms with van der Waals surface area (Å²) in [6.07, 6.45) is 1.18. The summed E-state index contributed by atoms with van der Waals surface area (Å²) in [5.74, 6) is 1.05. The molecule has 0 spiro atoms. The number of thiophene rings is 1. The quantitative estimate of drug-likeness (QED) is 0.533. The molecule has 0 unspecified atom stereocenters. The Morgan fingerprint density at radius 2 is 1.95 bits per heavy atom. The van der Waals surface area contributed by atoms with E-state index in [4.69, 9.17) is 0 Å². The molecule has 0 saturated carbocycles. The summed E-state index contributed by atoms with van der Waals surface area (Å²) < 4.78 is 1.21. The lowest BCUT2D eigenvalue weighted by Crippen LogP contribution is -2.13. The highest BCUT2D eigenvalue weighted by Gasteiger charge is 2.00. The van der Waals surface area contributed by atoms with Gasteiger partial charge in [0.15, 0.2) is 0 Å². The number of hydrogen-bond acceptors (Lipinski definition) is 3. The fraction of sp³-hybridized carbons (Fsp3) is 0.333. The van der Waals surface area contributed by atoms with E-state index in [1.54, 1.807) is 0 Å². The molecule has 0 saturated heterocycles. The standard InChI is InChI=1S/C15H18BrNS2/c1-2-9-17-10-12-3-5-13(6-4-12)18-11-14-7-8-15(16)19-14/h3-8,17H,2,9-11H2,1H3. The normalized spacial score (nSPS) is 10.8. The number of nitrogens with one attached hydrogen (secondary N) is 1. The molecule has 1 nitrogen and oxygen atoms in total. The first kappa shape index (κ1) is 15.1. The molecule has 0 radical (unpaired) electrons. The van der Waals surface area contributed by atoms with Gasteiger partial charge in [0.25, 0.3) is 0 Å². The molecule has 1 aromatic heterocycles. The van der Waals surface area contributed by atoms with Crippen molar-refractivity contribution in [2.24, 2.45) is 0 Å². The summed E-state index contributed by atoms with van der Waals surface area (Å²) in [7, 11) is 0. The van der Waals surface area contributed by atoms with E-state index < -0.39 is 0 Å². The van der Waals surface area contributed by atoms with Gasteiger partial charge >= 0.3 is 0 Å². The van der Waals surface area contributed by atoms with Crippen LogP contribution in [0.5, 0.6) is 0 Å². The maximum atomic E-state index is 3.50. The van der Waals surface area contributed by atoms with Crippen LogP contribution in [0.2, 0.25) is 0 Å². The maximum Gasteiger partial charge on any atom is 0.0701 e. The summed E-state index contributed by atoms with van der Waals surface area (Å²) >= 11 is 7.20. The summed E-state index contributed by atoms with van der Waals surface area (Å²) in [6.45, 7) is 4.25. The van der Waals surface area contributed by atoms with Gasteiger partial charge in [0.05, 0.1) is 3.79 Å². The van der Waals surface area contributed by atoms with Crippen LogP contribution >= 0.6 is 39.0 Å². The summed E-state index contributed by atoms with van der Waals surface area (Å²) in [6, 6.07) is 13.2. The largest absolute Gasteiger partial charge is 0.313 e. The predicted octanol–water partition coefficient (Wildman–Crippen LogP) is 5.30. The molecule has 0 aliphatic heterocycles. The molecule has 0 atom stereocenters. The molecule has 1 N–H and O–H groups in total.